The van der Waals surface area contributed by atoms with Gasteiger partial charge in [-0.2, -0.15) is 0 Å². The molecule has 616 valence electrons. The molecule has 0 atom stereocenters. The minimum atomic E-state index is -4.99. The smallest absolute Gasteiger partial charge is 0.532 e. The van der Waals surface area contributed by atoms with Crippen LogP contribution in [0.15, 0.2) is 0 Å². The summed E-state index contributed by atoms with van der Waals surface area (Å²) in [5, 5.41) is 0. The van der Waals surface area contributed by atoms with Crippen LogP contribution < -0.4 is 0 Å². The molecule has 0 heterocycles. The van der Waals surface area contributed by atoms with Crippen molar-refractivity contribution in [2.24, 2.45) is 0 Å². The van der Waals surface area contributed by atoms with Gasteiger partial charge in [0.1, 0.15) is 7.59 Å². The lowest BCUT2D eigenvalue weighted by Crippen LogP contribution is -2.58. The van der Waals surface area contributed by atoms with Crippen molar-refractivity contribution < 1.29 is 254 Å². The molecule has 0 amide bonds. The van der Waals surface area contributed by atoms with Gasteiger partial charge in [0.05, 0.1) is 0 Å². The number of rotatable bonds is 58. The maximum Gasteiger partial charge on any atom is 0.532 e. The molecular formula is C6H18O57Si58. The van der Waals surface area contributed by atoms with E-state index in [-0.39, 0.29) is 0 Å². The van der Waals surface area contributed by atoms with Crippen molar-refractivity contribution >= 4 is 449 Å². The Kier molecular flexibility index (Phi) is 53.2. The zero-order valence-corrected chi connectivity index (χ0v) is 116. The molecular weight excluding hydrogens is 2610 g/mol. The van der Waals surface area contributed by atoms with Gasteiger partial charge >= 0.3 is 433 Å². The van der Waals surface area contributed by atoms with E-state index in [4.69, 9.17) is 4.12 Å². The summed E-state index contributed by atoms with van der Waals surface area (Å²) in [4.78, 5) is 0. The second-order valence-corrected chi connectivity index (χ2v) is 307. The molecule has 0 bridgehead atoms. The summed E-state index contributed by atoms with van der Waals surface area (Å²) < 4.78 is 723. The fourth-order valence-corrected chi connectivity index (χ4v) is 684. The standard InChI is InChI=1S/C6H18O57Si58/c1-120(2,3)63-64(7)65(8)66(9)67(10)68(11)69(12)70(13)71(14)72(15)73(16)74(17)75(18)76(19)77(20)78(21)79(22)80(23)81(24)82(25)83(26)84(27)85(28)86(29)87(30)88(31)89(32)90(33)91(34)92(35)93(36)94(37)95(38)96(39)97(40)98(41)99(42)100(43)101(44)102(45)103(46)104(47)105(48)106(49)107(50)108(51)109(52)110(53)111(54)112(55)113(56)114(57)115(58)116(59)117(60)118(61)119(62)121(4,5)6/h1-6H3. The van der Waals surface area contributed by atoms with Gasteiger partial charge in [-0.15, -0.1) is 0 Å². The third-order valence-corrected chi connectivity index (χ3v) is 463. The van der Waals surface area contributed by atoms with E-state index in [1.54, 1.807) is 0 Å². The molecule has 0 aliphatic rings. The third-order valence-electron chi connectivity index (χ3n) is 12.4. The van der Waals surface area contributed by atoms with Gasteiger partial charge in [0.25, 0.3) is 0 Å². The first-order chi connectivity index (χ1) is 54.7. The largest absolute Gasteiger partial charge is 0.578 e. The first-order valence-corrected chi connectivity index (χ1v) is 171. The molecule has 57 nitrogen and oxygen atoms in total. The highest BCUT2D eigenvalue weighted by Crippen LogP contribution is 2.04. The molecule has 0 rings (SSSR count). The van der Waals surface area contributed by atoms with E-state index in [2.05, 4.69) is 0 Å². The van der Waals surface area contributed by atoms with Crippen molar-refractivity contribution in [1.29, 1.82) is 0 Å². The van der Waals surface area contributed by atoms with Crippen LogP contribution in [0, 0.1) is 0 Å². The SMILES string of the molecule is C[Si](C)(C)O[Si](=O)[Si](=O)[Si](=O)[Si](=O)[Si](=O)[Si](=O)[Si](=O)[Si](=O)[Si](=O)[Si](=O)[Si](=O)[Si](=O)[Si](=O)[Si](=O)[Si](=O)[Si](=O)[Si](=O)[Si](=O)[Si](=O)[Si](=O)[Si](=O)[Si](=O)[Si](=O)[Si](=O)[Si](=O)[Si](=O)[Si](=O)[Si](=O)[Si](=O)[Si](=O)[Si](=O)[Si](=O)[Si](=O)[Si](=O)[Si](=O)[Si](=O)[Si](=O)[Si](=O)[Si](=O)[Si](=O)[Si](=O)[Si](=O)[Si](=O)[Si](=O)[Si](=O)[Si](=O)[Si](=O)[Si](=O)[Si](=O)[Si](=O)[Si](=O)[Si](=O)[Si](=O)[Si](=O)[Si](=O)[Si](=O)[Si](C)(C)C. The lowest BCUT2D eigenvalue weighted by molar-refractivity contribution is 0.462. The Labute approximate surface area is 732 Å². The van der Waals surface area contributed by atoms with E-state index in [0.717, 1.165) is 0 Å². The Balaban J connectivity index is 6.07. The Morgan fingerprint density at radius 2 is 0.174 bits per heavy atom. The van der Waals surface area contributed by atoms with Crippen molar-refractivity contribution in [2.75, 3.05) is 0 Å². The molecule has 0 aromatic carbocycles. The van der Waals surface area contributed by atoms with Crippen LogP contribution in [0.3, 0.4) is 0 Å². The zero-order chi connectivity index (χ0) is 96.0. The molecule has 0 saturated carbocycles. The molecule has 0 N–H and O–H groups in total. The van der Waals surface area contributed by atoms with Crippen molar-refractivity contribution in [3.05, 3.63) is 0 Å². The highest BCUT2D eigenvalue weighted by molar-refractivity contribution is 7.88. The summed E-state index contributed by atoms with van der Waals surface area (Å²) in [5.41, 5.74) is 0. The summed E-state index contributed by atoms with van der Waals surface area (Å²) in [5.74, 6) is 0. The van der Waals surface area contributed by atoms with Crippen molar-refractivity contribution in [3.8, 4) is 0 Å². The van der Waals surface area contributed by atoms with E-state index >= 15 is 0 Å². The Hall–Kier alpha value is 1.18. The van der Waals surface area contributed by atoms with Gasteiger partial charge < -0.3 is 254 Å². The van der Waals surface area contributed by atoms with Gasteiger partial charge in [-0.05, 0) is 19.6 Å². The van der Waals surface area contributed by atoms with Crippen LogP contribution >= 0.6 is 0 Å². The summed E-state index contributed by atoms with van der Waals surface area (Å²) in [6, 6.07) is 0. The maximum atomic E-state index is 13.0. The molecule has 0 aromatic rings. The lowest BCUT2D eigenvalue weighted by atomic mass is 11.8. The van der Waals surface area contributed by atoms with E-state index in [1.807, 2.05) is 0 Å². The molecule has 0 aliphatic heterocycles. The number of hydrogen-bond donors (Lipinski definition) is 0. The average Bonchev–Trinajstić information content (AvgIpc) is 0.814. The second kappa shape index (κ2) is 52.7. The molecule has 121 heavy (non-hydrogen) atoms. The first kappa shape index (κ1) is 122. The van der Waals surface area contributed by atoms with Crippen molar-refractivity contribution in [2.45, 2.75) is 39.3 Å². The Morgan fingerprint density at radius 1 is 0.107 bits per heavy atom. The van der Waals surface area contributed by atoms with Crippen molar-refractivity contribution in [3.63, 3.8) is 0 Å². The van der Waals surface area contributed by atoms with E-state index in [0.29, 0.717) is 0 Å². The van der Waals surface area contributed by atoms with Gasteiger partial charge in [-0.25, -0.2) is 0 Å². The predicted molar refractivity (Wildman–Crippen MR) is 408 cm³/mol. The summed E-state index contributed by atoms with van der Waals surface area (Å²) in [6.07, 6.45) is 0. The summed E-state index contributed by atoms with van der Waals surface area (Å²) >= 11 is 0. The zero-order valence-electron chi connectivity index (χ0n) is 58.3. The van der Waals surface area contributed by atoms with Gasteiger partial charge in [-0.3, -0.25) is 0 Å². The minimum Gasteiger partial charge on any atom is -0.578 e. The van der Waals surface area contributed by atoms with Gasteiger partial charge in [0.2, 0.25) is 8.32 Å². The predicted octanol–water partition coefficient (Wildman–Crippen LogP) is -25.3. The normalized spacial score (nSPS) is 10.3. The summed E-state index contributed by atoms with van der Waals surface area (Å²) in [7, 11) is -270. The lowest BCUT2D eigenvalue weighted by Gasteiger charge is -2.16. The molecule has 0 aromatic heterocycles. The topological polar surface area (TPSA) is 965 Å². The highest BCUT2D eigenvalue weighted by Gasteiger charge is 2.63. The van der Waals surface area contributed by atoms with Gasteiger partial charge in [-0.1, -0.05) is 19.6 Å². The summed E-state index contributed by atoms with van der Waals surface area (Å²) in [6.45, 7) is 8.46. The maximum absolute atomic E-state index is 13.0. The van der Waals surface area contributed by atoms with E-state index in [9.17, 15) is 250 Å². The van der Waals surface area contributed by atoms with Gasteiger partial charge in [0, 0.05) is 0 Å². The Morgan fingerprint density at radius 3 is 0.240 bits per heavy atom. The van der Waals surface area contributed by atoms with Crippen LogP contribution in [0.25, 0.3) is 0 Å². The first-order valence-electron chi connectivity index (χ1n) is 28.8. The van der Waals surface area contributed by atoms with Crippen LogP contribution in [0.4, 0.5) is 0 Å². The van der Waals surface area contributed by atoms with Crippen LogP contribution in [0.1, 0.15) is 0 Å². The van der Waals surface area contributed by atoms with Crippen LogP contribution in [0.5, 0.6) is 0 Å². The molecule has 0 saturated heterocycles. The Bertz CT molecular complexity index is 5660. The third kappa shape index (κ3) is 31.9. The van der Waals surface area contributed by atoms with Crippen LogP contribution in [-0.4, -0.2) is 449 Å². The number of hydrogen-bond acceptors (Lipinski definition) is 57. The van der Waals surface area contributed by atoms with Gasteiger partial charge in [0.15, 0.2) is 0 Å². The fourth-order valence-electron chi connectivity index (χ4n) is 6.22. The molecule has 0 radical (unpaired) electrons. The molecule has 0 spiro atoms. The quantitative estimate of drug-likeness (QED) is 0.0510. The second-order valence-electron chi connectivity index (χ2n) is 22.9. The minimum absolute atomic E-state index is 1.40. The molecule has 115 heteroatoms. The van der Waals surface area contributed by atoms with E-state index in [1.165, 1.54) is 39.3 Å². The average molecular weight is 2630 g/mol. The van der Waals surface area contributed by atoms with Crippen molar-refractivity contribution in [1.82, 2.24) is 0 Å². The highest BCUT2D eigenvalue weighted by atomic mass is 30.2. The molecule has 0 aliphatic carbocycles. The van der Waals surface area contributed by atoms with Crippen LogP contribution in [-0.2, 0) is 254 Å². The fraction of sp³-hybridized carbons (Fsp3) is 1.00. The monoisotopic (exact) mass is 2620 g/mol. The molecule has 0 unspecified atom stereocenters. The van der Waals surface area contributed by atoms with E-state index < -0.39 is 449 Å². The van der Waals surface area contributed by atoms with Crippen LogP contribution in [0.2, 0.25) is 39.3 Å². The molecule has 0 fully saturated rings.